The fourth-order valence-electron chi connectivity index (χ4n) is 1.51. The first-order chi connectivity index (χ1) is 9.58. The van der Waals surface area contributed by atoms with Crippen molar-refractivity contribution in [3.8, 4) is 0 Å². The number of carboxylic acids is 1. The molecule has 0 spiro atoms. The van der Waals surface area contributed by atoms with Crippen LogP contribution in [0, 0.1) is 6.92 Å². The van der Waals surface area contributed by atoms with E-state index in [1.807, 2.05) is 0 Å². The highest BCUT2D eigenvalue weighted by molar-refractivity contribution is 7.11. The van der Waals surface area contributed by atoms with Crippen LogP contribution in [-0.2, 0) is 4.79 Å². The zero-order valence-corrected chi connectivity index (χ0v) is 11.3. The number of aromatic carboxylic acids is 1. The minimum Gasteiger partial charge on any atom is -0.478 e. The molecule has 2 heterocycles. The molecule has 102 valence electrons. The molecule has 0 aliphatic carbocycles. The van der Waals surface area contributed by atoms with Gasteiger partial charge >= 0.3 is 5.97 Å². The second-order valence-electron chi connectivity index (χ2n) is 3.89. The second-order valence-corrected chi connectivity index (χ2v) is 4.66. The van der Waals surface area contributed by atoms with Crippen LogP contribution in [0.4, 0.5) is 5.00 Å². The van der Waals surface area contributed by atoms with Crippen LogP contribution in [0.15, 0.2) is 30.6 Å². The first-order valence-corrected chi connectivity index (χ1v) is 6.44. The molecule has 0 saturated heterocycles. The van der Waals surface area contributed by atoms with E-state index in [0.29, 0.717) is 5.69 Å². The van der Waals surface area contributed by atoms with Gasteiger partial charge in [-0.25, -0.2) is 4.79 Å². The summed E-state index contributed by atoms with van der Waals surface area (Å²) in [6.45, 7) is 1.58. The maximum absolute atomic E-state index is 11.7. The Morgan fingerprint density at radius 2 is 2.25 bits per heavy atom. The maximum atomic E-state index is 11.7. The molecule has 0 atom stereocenters. The highest BCUT2D eigenvalue weighted by atomic mass is 32.1. The number of hydrogen-bond acceptors (Lipinski definition) is 5. The molecular formula is C13H11N3O3S. The topological polar surface area (TPSA) is 92.2 Å². The van der Waals surface area contributed by atoms with Gasteiger partial charge in [-0.2, -0.15) is 4.37 Å². The van der Waals surface area contributed by atoms with Gasteiger partial charge in [0.15, 0.2) is 0 Å². The van der Waals surface area contributed by atoms with Crippen LogP contribution in [0.2, 0.25) is 0 Å². The number of carbonyl (C=O) groups is 2. The summed E-state index contributed by atoms with van der Waals surface area (Å²) in [5.41, 5.74) is 1.19. The molecule has 20 heavy (non-hydrogen) atoms. The van der Waals surface area contributed by atoms with Crippen molar-refractivity contribution in [1.82, 2.24) is 9.36 Å². The predicted octanol–water partition coefficient (Wildman–Crippen LogP) is 2.20. The van der Waals surface area contributed by atoms with Gasteiger partial charge in [-0.15, -0.1) is 0 Å². The Kier molecular flexibility index (Phi) is 4.21. The van der Waals surface area contributed by atoms with Crippen LogP contribution >= 0.6 is 11.5 Å². The molecule has 6 nitrogen and oxygen atoms in total. The fraction of sp³-hybridized carbons (Fsp3) is 0.0769. The third-order valence-electron chi connectivity index (χ3n) is 2.42. The zero-order chi connectivity index (χ0) is 14.5. The average Bonchev–Trinajstić information content (AvgIpc) is 2.78. The number of aromatic nitrogens is 2. The van der Waals surface area contributed by atoms with E-state index >= 15 is 0 Å². The largest absolute Gasteiger partial charge is 0.478 e. The lowest BCUT2D eigenvalue weighted by atomic mass is 10.2. The molecule has 0 unspecified atom stereocenters. The minimum absolute atomic E-state index is 0.0260. The molecule has 0 aromatic carbocycles. The first-order valence-electron chi connectivity index (χ1n) is 5.66. The van der Waals surface area contributed by atoms with Gasteiger partial charge < -0.3 is 10.4 Å². The predicted molar refractivity (Wildman–Crippen MR) is 75.7 cm³/mol. The monoisotopic (exact) mass is 289 g/mol. The molecule has 7 heteroatoms. The highest BCUT2D eigenvalue weighted by Gasteiger charge is 2.18. The average molecular weight is 289 g/mol. The normalized spacial score (nSPS) is 10.7. The van der Waals surface area contributed by atoms with E-state index in [1.54, 1.807) is 37.5 Å². The third-order valence-corrected chi connectivity index (χ3v) is 3.28. The Morgan fingerprint density at radius 3 is 2.90 bits per heavy atom. The van der Waals surface area contributed by atoms with Crippen molar-refractivity contribution in [2.45, 2.75) is 6.92 Å². The van der Waals surface area contributed by atoms with E-state index in [9.17, 15) is 9.59 Å². The lowest BCUT2D eigenvalue weighted by Crippen LogP contribution is -2.10. The lowest BCUT2D eigenvalue weighted by molar-refractivity contribution is -0.111. The van der Waals surface area contributed by atoms with Gasteiger partial charge in [0.25, 0.3) is 0 Å². The molecule has 0 fully saturated rings. The summed E-state index contributed by atoms with van der Waals surface area (Å²) in [4.78, 5) is 26.7. The van der Waals surface area contributed by atoms with Crippen LogP contribution in [0.1, 0.15) is 21.6 Å². The van der Waals surface area contributed by atoms with Crippen LogP contribution in [0.5, 0.6) is 0 Å². The molecule has 2 rings (SSSR count). The Hall–Kier alpha value is -2.54. The Bertz CT molecular complexity index is 665. The first kappa shape index (κ1) is 13.9. The summed E-state index contributed by atoms with van der Waals surface area (Å²) in [6, 6.07) is 3.56. The van der Waals surface area contributed by atoms with Crippen LogP contribution in [0.3, 0.4) is 0 Å². The Labute approximate surface area is 119 Å². The van der Waals surface area contributed by atoms with Crippen molar-refractivity contribution in [1.29, 1.82) is 0 Å². The summed E-state index contributed by atoms with van der Waals surface area (Å²) in [6.07, 6.45) is 6.16. The Balaban J connectivity index is 2.09. The van der Waals surface area contributed by atoms with Crippen molar-refractivity contribution in [3.05, 3.63) is 47.4 Å². The van der Waals surface area contributed by atoms with E-state index in [4.69, 9.17) is 5.11 Å². The summed E-state index contributed by atoms with van der Waals surface area (Å²) in [5.74, 6) is -1.53. The maximum Gasteiger partial charge on any atom is 0.340 e. The van der Waals surface area contributed by atoms with Gasteiger partial charge in [-0.3, -0.25) is 9.78 Å². The van der Waals surface area contributed by atoms with Crippen LogP contribution in [-0.4, -0.2) is 26.3 Å². The number of anilines is 1. The molecule has 0 saturated carbocycles. The number of aryl methyl sites for hydroxylation is 1. The standard InChI is InChI=1S/C13H11N3O3S/c1-8-11(13(18)19)12(20-16-8)15-10(17)5-4-9-3-2-6-14-7-9/h2-7H,1H3,(H,15,17)(H,18,19)/b5-4+. The van der Waals surface area contributed by atoms with Gasteiger partial charge in [0.1, 0.15) is 10.6 Å². The number of amides is 1. The number of carboxylic acid groups (broad SMARTS) is 1. The smallest absolute Gasteiger partial charge is 0.340 e. The van der Waals surface area contributed by atoms with Crippen molar-refractivity contribution in [2.24, 2.45) is 0 Å². The quantitative estimate of drug-likeness (QED) is 0.842. The minimum atomic E-state index is -1.11. The van der Waals surface area contributed by atoms with E-state index in [1.165, 1.54) is 6.08 Å². The number of hydrogen-bond donors (Lipinski definition) is 2. The number of pyridine rings is 1. The van der Waals surface area contributed by atoms with Crippen molar-refractivity contribution in [3.63, 3.8) is 0 Å². The summed E-state index contributed by atoms with van der Waals surface area (Å²) in [7, 11) is 0. The van der Waals surface area contributed by atoms with Crippen LogP contribution < -0.4 is 5.32 Å². The van der Waals surface area contributed by atoms with Gasteiger partial charge in [0.05, 0.1) is 5.69 Å². The number of nitrogens with one attached hydrogen (secondary N) is 1. The molecule has 2 N–H and O–H groups in total. The third kappa shape index (κ3) is 3.27. The highest BCUT2D eigenvalue weighted by Crippen LogP contribution is 2.24. The van der Waals surface area contributed by atoms with E-state index in [0.717, 1.165) is 17.1 Å². The molecule has 0 aliphatic rings. The van der Waals surface area contributed by atoms with Crippen LogP contribution in [0.25, 0.3) is 6.08 Å². The number of carbonyl (C=O) groups excluding carboxylic acids is 1. The van der Waals surface area contributed by atoms with E-state index in [-0.39, 0.29) is 10.6 Å². The van der Waals surface area contributed by atoms with Crippen molar-refractivity contribution >= 4 is 34.5 Å². The summed E-state index contributed by atoms with van der Waals surface area (Å²) in [5, 5.41) is 11.8. The zero-order valence-electron chi connectivity index (χ0n) is 10.5. The molecular weight excluding hydrogens is 278 g/mol. The molecule has 0 bridgehead atoms. The summed E-state index contributed by atoms with van der Waals surface area (Å²) >= 11 is 0.945. The van der Waals surface area contributed by atoms with Crippen molar-refractivity contribution < 1.29 is 14.7 Å². The SMILES string of the molecule is Cc1nsc(NC(=O)/C=C/c2cccnc2)c1C(=O)O. The molecule has 0 radical (unpaired) electrons. The van der Waals surface area contributed by atoms with Gasteiger partial charge in [-0.1, -0.05) is 6.07 Å². The molecule has 2 aromatic rings. The fourth-order valence-corrected chi connectivity index (χ4v) is 2.30. The number of rotatable bonds is 4. The van der Waals surface area contributed by atoms with Gasteiger partial charge in [-0.05, 0) is 36.2 Å². The molecule has 1 amide bonds. The van der Waals surface area contributed by atoms with Gasteiger partial charge in [0.2, 0.25) is 5.91 Å². The number of nitrogens with zero attached hydrogens (tertiary/aromatic N) is 2. The second kappa shape index (κ2) is 6.07. The Morgan fingerprint density at radius 1 is 1.45 bits per heavy atom. The molecule has 2 aromatic heterocycles. The van der Waals surface area contributed by atoms with Crippen molar-refractivity contribution in [2.75, 3.05) is 5.32 Å². The van der Waals surface area contributed by atoms with E-state index < -0.39 is 11.9 Å². The van der Waals surface area contributed by atoms with E-state index in [2.05, 4.69) is 14.7 Å². The molecule has 0 aliphatic heterocycles. The van der Waals surface area contributed by atoms with Gasteiger partial charge in [0, 0.05) is 18.5 Å². The summed E-state index contributed by atoms with van der Waals surface area (Å²) < 4.78 is 3.92. The lowest BCUT2D eigenvalue weighted by Gasteiger charge is -2.00.